The van der Waals surface area contributed by atoms with E-state index < -0.39 is 12.1 Å². The minimum atomic E-state index is -0.769. The van der Waals surface area contributed by atoms with Crippen LogP contribution in [0, 0.1) is 0 Å². The number of amides is 1. The Kier molecular flexibility index (Phi) is 6.18. The summed E-state index contributed by atoms with van der Waals surface area (Å²) in [6, 6.07) is 14.1. The van der Waals surface area contributed by atoms with Crippen LogP contribution in [0.5, 0.6) is 0 Å². The fourth-order valence-electron chi connectivity index (χ4n) is 1.90. The first kappa shape index (κ1) is 16.7. The van der Waals surface area contributed by atoms with Gasteiger partial charge in [-0.1, -0.05) is 53.5 Å². The quantitative estimate of drug-likeness (QED) is 0.481. The molecule has 3 N–H and O–H groups in total. The molecule has 0 bridgehead atoms. The van der Waals surface area contributed by atoms with Crippen molar-refractivity contribution in [2.75, 3.05) is 0 Å². The lowest BCUT2D eigenvalue weighted by Crippen LogP contribution is -2.39. The van der Waals surface area contributed by atoms with E-state index in [4.69, 9.17) is 34.0 Å². The smallest absolute Gasteiger partial charge is 0.254 e. The maximum absolute atomic E-state index is 12.3. The zero-order valence-electron chi connectivity index (χ0n) is 11.5. The van der Waals surface area contributed by atoms with E-state index in [9.17, 15) is 4.79 Å². The molecule has 1 atom stereocenters. The van der Waals surface area contributed by atoms with Crippen molar-refractivity contribution in [2.45, 2.75) is 12.6 Å². The van der Waals surface area contributed by atoms with Crippen LogP contribution in [0.3, 0.4) is 0 Å². The summed E-state index contributed by atoms with van der Waals surface area (Å²) in [6.45, 7) is 0. The Morgan fingerprint density at radius 2 is 1.91 bits per heavy atom. The third kappa shape index (κ3) is 4.69. The second-order valence-corrected chi connectivity index (χ2v) is 5.31. The van der Waals surface area contributed by atoms with Crippen LogP contribution in [-0.4, -0.2) is 12.1 Å². The van der Waals surface area contributed by atoms with E-state index in [0.29, 0.717) is 11.4 Å². The summed E-state index contributed by atoms with van der Waals surface area (Å²) in [7, 11) is 0. The predicted octanol–water partition coefficient (Wildman–Crippen LogP) is 3.11. The summed E-state index contributed by atoms with van der Waals surface area (Å²) in [6.07, 6.45) is -0.392. The molecule has 116 valence electrons. The third-order valence-electron chi connectivity index (χ3n) is 2.90. The molecule has 0 saturated heterocycles. The molecule has 2 aromatic rings. The molecule has 5 nitrogen and oxygen atoms in total. The zero-order valence-corrected chi connectivity index (χ0v) is 13.0. The average Bonchev–Trinajstić information content (AvgIpc) is 2.51. The second kappa shape index (κ2) is 8.12. The Hall–Kier alpha value is -1.63. The highest BCUT2D eigenvalue weighted by Crippen LogP contribution is 2.20. The normalized spacial score (nSPS) is 12.0. The monoisotopic (exact) mass is 340 g/mol. The van der Waals surface area contributed by atoms with Crippen molar-refractivity contribution < 1.29 is 14.7 Å². The number of benzene rings is 2. The highest BCUT2D eigenvalue weighted by Gasteiger charge is 2.18. The van der Waals surface area contributed by atoms with Gasteiger partial charge in [0.05, 0.1) is 10.6 Å². The van der Waals surface area contributed by atoms with Gasteiger partial charge in [0.25, 0.3) is 5.91 Å². The van der Waals surface area contributed by atoms with Crippen LogP contribution in [0.2, 0.25) is 10.0 Å². The molecule has 0 aliphatic carbocycles. The first-order valence-electron chi connectivity index (χ1n) is 6.42. The molecule has 22 heavy (non-hydrogen) atoms. The van der Waals surface area contributed by atoms with Gasteiger partial charge >= 0.3 is 0 Å². The first-order chi connectivity index (χ1) is 10.6. The predicted molar refractivity (Wildman–Crippen MR) is 84.2 cm³/mol. The molecule has 0 heterocycles. The number of nitrogens with two attached hydrogens (primary N) is 1. The zero-order chi connectivity index (χ0) is 15.9. The molecule has 2 aromatic carbocycles. The summed E-state index contributed by atoms with van der Waals surface area (Å²) in [4.78, 5) is 21.3. The molecule has 0 saturated carbocycles. The van der Waals surface area contributed by atoms with Gasteiger partial charge in [-0.15, -0.1) is 4.99 Å². The maximum Gasteiger partial charge on any atom is 0.254 e. The number of nitrogens with one attached hydrogen (secondary N) is 1. The molecule has 0 spiro atoms. The minimum Gasteiger partial charge on any atom is -0.324 e. The van der Waals surface area contributed by atoms with Crippen LogP contribution in [0.25, 0.3) is 0 Å². The molecule has 2 rings (SSSR count). The third-order valence-corrected chi connectivity index (χ3v) is 3.47. The molecule has 0 unspecified atom stereocenters. The average molecular weight is 341 g/mol. The lowest BCUT2D eigenvalue weighted by molar-refractivity contribution is -0.332. The van der Waals surface area contributed by atoms with Crippen LogP contribution in [0.1, 0.15) is 15.9 Å². The fraction of sp³-hybridized carbons (Fsp3) is 0.133. The van der Waals surface area contributed by atoms with Crippen molar-refractivity contribution in [3.63, 3.8) is 0 Å². The van der Waals surface area contributed by atoms with Gasteiger partial charge < -0.3 is 5.32 Å². The van der Waals surface area contributed by atoms with E-state index in [2.05, 4.69) is 10.3 Å². The van der Waals surface area contributed by atoms with Gasteiger partial charge in [-0.05, 0) is 23.8 Å². The van der Waals surface area contributed by atoms with Gasteiger partial charge in [-0.2, -0.15) is 10.8 Å². The number of rotatable bonds is 6. The van der Waals surface area contributed by atoms with E-state index in [0.717, 1.165) is 5.56 Å². The second-order valence-electron chi connectivity index (χ2n) is 4.47. The molecule has 0 radical (unpaired) electrons. The Labute approximate surface area is 137 Å². The first-order valence-corrected chi connectivity index (χ1v) is 7.18. The van der Waals surface area contributed by atoms with E-state index in [1.165, 1.54) is 6.07 Å². The standard InChI is InChI=1S/C15H14Cl2N2O3/c16-11-6-7-13(17)12(9-11)15(20)19-14(21-22-18)8-10-4-2-1-3-5-10/h1-7,9,14H,8,18H2,(H,19,20)/t14-/m0/s1. The Morgan fingerprint density at radius 1 is 1.18 bits per heavy atom. The Morgan fingerprint density at radius 3 is 2.59 bits per heavy atom. The van der Waals surface area contributed by atoms with E-state index in [1.54, 1.807) is 12.1 Å². The minimum absolute atomic E-state index is 0.243. The lowest BCUT2D eigenvalue weighted by Gasteiger charge is -2.17. The van der Waals surface area contributed by atoms with Crippen molar-refractivity contribution >= 4 is 29.1 Å². The van der Waals surface area contributed by atoms with E-state index in [1.807, 2.05) is 30.3 Å². The SMILES string of the molecule is NOO[C@@H](Cc1ccccc1)NC(=O)c1cc(Cl)ccc1Cl. The van der Waals surface area contributed by atoms with Crippen LogP contribution >= 0.6 is 23.2 Å². The molecule has 0 fully saturated rings. The van der Waals surface area contributed by atoms with Gasteiger partial charge in [0.15, 0.2) is 6.23 Å². The van der Waals surface area contributed by atoms with Crippen LogP contribution < -0.4 is 11.2 Å². The van der Waals surface area contributed by atoms with Gasteiger partial charge in [0, 0.05) is 11.4 Å². The summed E-state index contributed by atoms with van der Waals surface area (Å²) in [5, 5.41) is 3.34. The maximum atomic E-state index is 12.3. The molecule has 0 aliphatic heterocycles. The largest absolute Gasteiger partial charge is 0.324 e. The topological polar surface area (TPSA) is 73.6 Å². The summed E-state index contributed by atoms with van der Waals surface area (Å²) in [5.74, 6) is 4.49. The number of carbonyl (C=O) groups excluding carboxylic acids is 1. The molecule has 0 aromatic heterocycles. The number of hydrogen-bond donors (Lipinski definition) is 2. The van der Waals surface area contributed by atoms with Crippen molar-refractivity contribution in [1.29, 1.82) is 0 Å². The molecule has 7 heteroatoms. The highest BCUT2D eigenvalue weighted by atomic mass is 35.5. The van der Waals surface area contributed by atoms with E-state index in [-0.39, 0.29) is 10.6 Å². The number of hydrogen-bond acceptors (Lipinski definition) is 4. The number of carbonyl (C=O) groups is 1. The van der Waals surface area contributed by atoms with Gasteiger partial charge in [0.1, 0.15) is 0 Å². The molecular formula is C15H14Cl2N2O3. The lowest BCUT2D eigenvalue weighted by atomic mass is 10.1. The van der Waals surface area contributed by atoms with Gasteiger partial charge in [-0.25, -0.2) is 0 Å². The van der Waals surface area contributed by atoms with Crippen molar-refractivity contribution in [3.8, 4) is 0 Å². The molecule has 1 amide bonds. The Bertz CT molecular complexity index is 638. The summed E-state index contributed by atoms with van der Waals surface area (Å²) in [5.41, 5.74) is 1.19. The summed E-state index contributed by atoms with van der Waals surface area (Å²) >= 11 is 11.9. The van der Waals surface area contributed by atoms with E-state index >= 15 is 0 Å². The van der Waals surface area contributed by atoms with Crippen molar-refractivity contribution in [2.24, 2.45) is 5.90 Å². The fourth-order valence-corrected chi connectivity index (χ4v) is 2.28. The highest BCUT2D eigenvalue weighted by molar-refractivity contribution is 6.35. The van der Waals surface area contributed by atoms with Crippen molar-refractivity contribution in [3.05, 3.63) is 69.7 Å². The van der Waals surface area contributed by atoms with Crippen LogP contribution in [-0.2, 0) is 16.3 Å². The molecular weight excluding hydrogens is 327 g/mol. The Balaban J connectivity index is 2.10. The van der Waals surface area contributed by atoms with Gasteiger partial charge in [-0.3, -0.25) is 4.79 Å². The van der Waals surface area contributed by atoms with Crippen LogP contribution in [0.4, 0.5) is 0 Å². The summed E-state index contributed by atoms with van der Waals surface area (Å²) < 4.78 is 0. The molecule has 0 aliphatic rings. The van der Waals surface area contributed by atoms with Gasteiger partial charge in [0.2, 0.25) is 0 Å². The van der Waals surface area contributed by atoms with Crippen molar-refractivity contribution in [1.82, 2.24) is 5.32 Å². The number of halogens is 2. The van der Waals surface area contributed by atoms with Crippen LogP contribution in [0.15, 0.2) is 48.5 Å².